The molecule has 0 radical (unpaired) electrons. The molecule has 126 valence electrons. The summed E-state index contributed by atoms with van der Waals surface area (Å²) in [5.41, 5.74) is 2.00. The molecular weight excluding hydrogens is 322 g/mol. The zero-order chi connectivity index (χ0) is 16.4. The van der Waals surface area contributed by atoms with Crippen molar-refractivity contribution in [3.63, 3.8) is 0 Å². The summed E-state index contributed by atoms with van der Waals surface area (Å²) in [6.07, 6.45) is 6.40. The van der Waals surface area contributed by atoms with Crippen molar-refractivity contribution < 1.29 is 9.53 Å². The van der Waals surface area contributed by atoms with Crippen LogP contribution in [0.25, 0.3) is 0 Å². The van der Waals surface area contributed by atoms with Crippen molar-refractivity contribution in [2.45, 2.75) is 31.4 Å². The number of carbonyl (C=O) groups excluding carboxylic acids is 1. The molecule has 3 fully saturated rings. The lowest BCUT2D eigenvalue weighted by Gasteiger charge is -2.50. The van der Waals surface area contributed by atoms with Crippen LogP contribution in [0.3, 0.4) is 0 Å². The van der Waals surface area contributed by atoms with Crippen LogP contribution in [0.5, 0.6) is 0 Å². The summed E-state index contributed by atoms with van der Waals surface area (Å²) < 4.78 is 5.88. The molecular formula is C18H21N3O2S. The standard InChI is InChI=1S/C18H21N3O2S/c22-18(20-15-5-9-24-12-15)23-17-14-3-7-21(8-4-14)16(17)10-13-2-1-6-19-11-13/h1-2,5-6,9,11-12,14,16-17H,3-4,7-8,10H2,(H,20,22). The van der Waals surface area contributed by atoms with Crippen molar-refractivity contribution in [1.29, 1.82) is 0 Å². The van der Waals surface area contributed by atoms with Crippen molar-refractivity contribution in [2.75, 3.05) is 18.4 Å². The molecule has 6 heteroatoms. The number of hydrogen-bond donors (Lipinski definition) is 1. The second-order valence-electron chi connectivity index (χ2n) is 6.51. The zero-order valence-electron chi connectivity index (χ0n) is 13.4. The Hall–Kier alpha value is -1.92. The van der Waals surface area contributed by atoms with Crippen LogP contribution in [-0.4, -0.2) is 41.2 Å². The summed E-state index contributed by atoms with van der Waals surface area (Å²) in [6, 6.07) is 6.19. The molecule has 0 saturated carbocycles. The van der Waals surface area contributed by atoms with Gasteiger partial charge in [0.05, 0.1) is 11.7 Å². The fourth-order valence-corrected chi connectivity index (χ4v) is 4.48. The number of rotatable bonds is 4. The third-order valence-corrected chi connectivity index (χ3v) is 5.75. The van der Waals surface area contributed by atoms with Gasteiger partial charge in [0.25, 0.3) is 0 Å². The lowest BCUT2D eigenvalue weighted by Crippen LogP contribution is -2.60. The Kier molecular flexibility index (Phi) is 4.49. The molecule has 2 unspecified atom stereocenters. The van der Waals surface area contributed by atoms with Gasteiger partial charge in [-0.3, -0.25) is 15.2 Å². The molecule has 2 atom stereocenters. The molecule has 3 aliphatic heterocycles. The van der Waals surface area contributed by atoms with Gasteiger partial charge in [0, 0.05) is 23.7 Å². The van der Waals surface area contributed by atoms with E-state index in [1.165, 1.54) is 5.56 Å². The van der Waals surface area contributed by atoms with Crippen LogP contribution in [-0.2, 0) is 11.2 Å². The maximum atomic E-state index is 12.3. The Labute approximate surface area is 145 Å². The van der Waals surface area contributed by atoms with Gasteiger partial charge in [-0.2, -0.15) is 11.3 Å². The summed E-state index contributed by atoms with van der Waals surface area (Å²) in [7, 11) is 0. The van der Waals surface area contributed by atoms with Gasteiger partial charge in [-0.25, -0.2) is 4.79 Å². The van der Waals surface area contributed by atoms with Gasteiger partial charge in [0.15, 0.2) is 0 Å². The number of nitrogens with one attached hydrogen (secondary N) is 1. The molecule has 1 amide bonds. The highest BCUT2D eigenvalue weighted by atomic mass is 32.1. The topological polar surface area (TPSA) is 54.5 Å². The van der Waals surface area contributed by atoms with Crippen LogP contribution in [0.1, 0.15) is 18.4 Å². The molecule has 1 N–H and O–H groups in total. The first-order valence-electron chi connectivity index (χ1n) is 8.42. The van der Waals surface area contributed by atoms with E-state index in [1.54, 1.807) is 17.5 Å². The van der Waals surface area contributed by atoms with Crippen LogP contribution in [0, 0.1) is 5.92 Å². The molecule has 0 spiro atoms. The van der Waals surface area contributed by atoms with E-state index in [9.17, 15) is 4.79 Å². The largest absolute Gasteiger partial charge is 0.444 e. The Morgan fingerprint density at radius 2 is 2.25 bits per heavy atom. The first kappa shape index (κ1) is 15.6. The average molecular weight is 343 g/mol. The Morgan fingerprint density at radius 1 is 1.38 bits per heavy atom. The number of anilines is 1. The molecule has 2 aromatic rings. The van der Waals surface area contributed by atoms with Crippen LogP contribution in [0.15, 0.2) is 41.4 Å². The maximum absolute atomic E-state index is 12.3. The predicted molar refractivity (Wildman–Crippen MR) is 94.2 cm³/mol. The highest BCUT2D eigenvalue weighted by molar-refractivity contribution is 7.08. The smallest absolute Gasteiger partial charge is 0.411 e. The zero-order valence-corrected chi connectivity index (χ0v) is 14.2. The Morgan fingerprint density at radius 3 is 2.96 bits per heavy atom. The summed E-state index contributed by atoms with van der Waals surface area (Å²) in [5, 5.41) is 6.68. The normalized spacial score (nSPS) is 28.5. The van der Waals surface area contributed by atoms with Crippen molar-refractivity contribution in [3.8, 4) is 0 Å². The number of nitrogens with zero attached hydrogens (tertiary/aromatic N) is 2. The van der Waals surface area contributed by atoms with Gasteiger partial charge in [0.2, 0.25) is 0 Å². The van der Waals surface area contributed by atoms with Gasteiger partial charge in [-0.05, 0) is 55.4 Å². The van der Waals surface area contributed by atoms with E-state index < -0.39 is 0 Å². The fraction of sp³-hybridized carbons (Fsp3) is 0.444. The molecule has 5 heterocycles. The highest BCUT2D eigenvalue weighted by Crippen LogP contribution is 2.36. The van der Waals surface area contributed by atoms with E-state index >= 15 is 0 Å². The first-order valence-corrected chi connectivity index (χ1v) is 9.36. The average Bonchev–Trinajstić information content (AvgIpc) is 3.11. The van der Waals surface area contributed by atoms with Crippen LogP contribution < -0.4 is 5.32 Å². The van der Waals surface area contributed by atoms with Crippen molar-refractivity contribution >= 4 is 23.1 Å². The molecule has 3 aliphatic rings. The number of hydrogen-bond acceptors (Lipinski definition) is 5. The van der Waals surface area contributed by atoms with Crippen molar-refractivity contribution in [2.24, 2.45) is 5.92 Å². The van der Waals surface area contributed by atoms with Crippen molar-refractivity contribution in [1.82, 2.24) is 9.88 Å². The summed E-state index contributed by atoms with van der Waals surface area (Å²) >= 11 is 1.56. The summed E-state index contributed by atoms with van der Waals surface area (Å²) in [6.45, 7) is 2.20. The maximum Gasteiger partial charge on any atom is 0.411 e. The number of carbonyl (C=O) groups is 1. The minimum absolute atomic E-state index is 0.0497. The third kappa shape index (κ3) is 3.30. The predicted octanol–water partition coefficient (Wildman–Crippen LogP) is 3.40. The number of amides is 1. The fourth-order valence-electron chi connectivity index (χ4n) is 3.89. The van der Waals surface area contributed by atoms with Crippen LogP contribution in [0.2, 0.25) is 0 Å². The van der Waals surface area contributed by atoms with E-state index in [2.05, 4.69) is 21.3 Å². The monoisotopic (exact) mass is 343 g/mol. The lowest BCUT2D eigenvalue weighted by atomic mass is 9.78. The van der Waals surface area contributed by atoms with Crippen molar-refractivity contribution in [3.05, 3.63) is 46.9 Å². The number of thiophene rings is 1. The van der Waals surface area contributed by atoms with Crippen LogP contribution in [0.4, 0.5) is 10.5 Å². The van der Waals surface area contributed by atoms with Gasteiger partial charge in [-0.15, -0.1) is 0 Å². The minimum atomic E-state index is -0.344. The van der Waals surface area contributed by atoms with E-state index in [1.807, 2.05) is 29.1 Å². The molecule has 3 saturated heterocycles. The highest BCUT2D eigenvalue weighted by Gasteiger charge is 2.44. The molecule has 2 bridgehead atoms. The first-order chi connectivity index (χ1) is 11.8. The van der Waals surface area contributed by atoms with E-state index in [0.29, 0.717) is 5.92 Å². The second-order valence-corrected chi connectivity index (χ2v) is 7.29. The van der Waals surface area contributed by atoms with Gasteiger partial charge < -0.3 is 4.74 Å². The molecule has 5 nitrogen and oxygen atoms in total. The lowest BCUT2D eigenvalue weighted by molar-refractivity contribution is -0.0741. The van der Waals surface area contributed by atoms with E-state index in [4.69, 9.17) is 4.74 Å². The molecule has 0 aliphatic carbocycles. The summed E-state index contributed by atoms with van der Waals surface area (Å²) in [4.78, 5) is 19.0. The quantitative estimate of drug-likeness (QED) is 0.924. The van der Waals surface area contributed by atoms with Gasteiger partial charge in [-0.1, -0.05) is 6.07 Å². The molecule has 2 aromatic heterocycles. The van der Waals surface area contributed by atoms with E-state index in [0.717, 1.165) is 38.0 Å². The van der Waals surface area contributed by atoms with Gasteiger partial charge >= 0.3 is 6.09 Å². The number of fused-ring (bicyclic) bond motifs is 3. The summed E-state index contributed by atoms with van der Waals surface area (Å²) in [5.74, 6) is 0.463. The minimum Gasteiger partial charge on any atom is -0.444 e. The van der Waals surface area contributed by atoms with Crippen LogP contribution >= 0.6 is 11.3 Å². The number of piperidine rings is 3. The second kappa shape index (κ2) is 6.91. The van der Waals surface area contributed by atoms with Gasteiger partial charge in [0.1, 0.15) is 6.10 Å². The molecule has 5 rings (SSSR count). The SMILES string of the molecule is O=C(Nc1ccsc1)OC1C2CCN(CC2)C1Cc1cccnc1. The third-order valence-electron chi connectivity index (χ3n) is 5.07. The molecule has 24 heavy (non-hydrogen) atoms. The van der Waals surface area contributed by atoms with E-state index in [-0.39, 0.29) is 18.2 Å². The number of pyridine rings is 1. The number of ether oxygens (including phenoxy) is 1. The number of aromatic nitrogens is 1. The molecule has 0 aromatic carbocycles. The Bertz CT molecular complexity index is 669. The Balaban J connectivity index is 1.47.